The van der Waals surface area contributed by atoms with Crippen LogP contribution in [-0.4, -0.2) is 31.4 Å². The van der Waals surface area contributed by atoms with Crippen LogP contribution in [0.1, 0.15) is 22.9 Å². The molecule has 3 nitrogen and oxygen atoms in total. The predicted molar refractivity (Wildman–Crippen MR) is 88.5 cm³/mol. The Morgan fingerprint density at radius 3 is 2.57 bits per heavy atom. The van der Waals surface area contributed by atoms with E-state index in [0.717, 1.165) is 18.5 Å². The normalized spacial score (nSPS) is 12.3. The maximum absolute atomic E-state index is 12.2. The van der Waals surface area contributed by atoms with Crippen molar-refractivity contribution in [3.63, 3.8) is 0 Å². The van der Waals surface area contributed by atoms with Gasteiger partial charge in [0.05, 0.1) is 6.04 Å². The first kappa shape index (κ1) is 15.7. The molecule has 1 aromatic carbocycles. The van der Waals surface area contributed by atoms with Crippen LogP contribution in [-0.2, 0) is 11.2 Å². The fourth-order valence-electron chi connectivity index (χ4n) is 2.24. The smallest absolute Gasteiger partial charge is 0.220 e. The Balaban J connectivity index is 1.93. The molecule has 0 spiro atoms. The van der Waals surface area contributed by atoms with Crippen LogP contribution < -0.4 is 5.32 Å². The summed E-state index contributed by atoms with van der Waals surface area (Å²) in [6, 6.07) is 14.3. The summed E-state index contributed by atoms with van der Waals surface area (Å²) in [5.41, 5.74) is 1.15. The van der Waals surface area contributed by atoms with E-state index in [-0.39, 0.29) is 11.9 Å². The van der Waals surface area contributed by atoms with Gasteiger partial charge in [-0.1, -0.05) is 36.4 Å². The minimum absolute atomic E-state index is 0.0389. The van der Waals surface area contributed by atoms with Crippen molar-refractivity contribution in [3.8, 4) is 0 Å². The zero-order valence-corrected chi connectivity index (χ0v) is 13.4. The monoisotopic (exact) mass is 302 g/mol. The number of hydrogen-bond donors (Lipinski definition) is 1. The molecule has 0 aliphatic rings. The first-order valence-electron chi connectivity index (χ1n) is 7.16. The van der Waals surface area contributed by atoms with Crippen molar-refractivity contribution >= 4 is 17.2 Å². The van der Waals surface area contributed by atoms with Gasteiger partial charge >= 0.3 is 0 Å². The van der Waals surface area contributed by atoms with E-state index in [4.69, 9.17) is 0 Å². The van der Waals surface area contributed by atoms with Crippen molar-refractivity contribution in [1.82, 2.24) is 10.2 Å². The summed E-state index contributed by atoms with van der Waals surface area (Å²) in [7, 11) is 4.04. The number of thiophene rings is 1. The molecule has 4 heteroatoms. The van der Waals surface area contributed by atoms with E-state index in [0.29, 0.717) is 6.42 Å². The lowest BCUT2D eigenvalue weighted by molar-refractivity contribution is -0.121. The lowest BCUT2D eigenvalue weighted by atomic mass is 10.1. The Bertz CT molecular complexity index is 537. The van der Waals surface area contributed by atoms with Gasteiger partial charge in [-0.3, -0.25) is 4.79 Å². The average Bonchev–Trinajstić information content (AvgIpc) is 2.98. The van der Waals surface area contributed by atoms with Gasteiger partial charge in [-0.15, -0.1) is 11.3 Å². The number of carbonyl (C=O) groups is 1. The standard InChI is InChI=1S/C17H22N2OS/c1-19(2)13-16(14-7-4-3-5-8-14)18-17(20)11-10-15-9-6-12-21-15/h3-9,12,16H,10-11,13H2,1-2H3,(H,18,20). The topological polar surface area (TPSA) is 32.3 Å². The van der Waals surface area contributed by atoms with Crippen LogP contribution in [0, 0.1) is 0 Å². The van der Waals surface area contributed by atoms with Crippen LogP contribution in [0.4, 0.5) is 0 Å². The Kier molecular flexibility index (Phi) is 5.96. The van der Waals surface area contributed by atoms with Gasteiger partial charge in [0.2, 0.25) is 5.91 Å². The number of likely N-dealkylation sites (N-methyl/N-ethyl adjacent to an activating group) is 1. The molecule has 1 amide bonds. The predicted octanol–water partition coefficient (Wildman–Crippen LogP) is 3.10. The van der Waals surface area contributed by atoms with Gasteiger partial charge < -0.3 is 10.2 Å². The summed E-state index contributed by atoms with van der Waals surface area (Å²) >= 11 is 1.70. The van der Waals surface area contributed by atoms with Gasteiger partial charge in [-0.05, 0) is 37.5 Å². The highest BCUT2D eigenvalue weighted by atomic mass is 32.1. The minimum Gasteiger partial charge on any atom is -0.348 e. The molecule has 0 saturated heterocycles. The molecule has 1 atom stereocenters. The fraction of sp³-hybridized carbons (Fsp3) is 0.353. The molecule has 0 aliphatic carbocycles. The molecule has 1 N–H and O–H groups in total. The lowest BCUT2D eigenvalue weighted by Crippen LogP contribution is -2.35. The minimum atomic E-state index is 0.0389. The van der Waals surface area contributed by atoms with E-state index >= 15 is 0 Å². The summed E-state index contributed by atoms with van der Waals surface area (Å²) in [5.74, 6) is 0.110. The number of carbonyl (C=O) groups excluding carboxylic acids is 1. The van der Waals surface area contributed by atoms with Crippen molar-refractivity contribution < 1.29 is 4.79 Å². The van der Waals surface area contributed by atoms with Gasteiger partial charge in [-0.25, -0.2) is 0 Å². The largest absolute Gasteiger partial charge is 0.348 e. The Morgan fingerprint density at radius 2 is 1.95 bits per heavy atom. The Morgan fingerprint density at radius 1 is 1.19 bits per heavy atom. The second kappa shape index (κ2) is 7.96. The molecule has 0 bridgehead atoms. The number of benzene rings is 1. The van der Waals surface area contributed by atoms with E-state index in [1.54, 1.807) is 11.3 Å². The van der Waals surface area contributed by atoms with Crippen molar-refractivity contribution in [1.29, 1.82) is 0 Å². The molecule has 2 aromatic rings. The van der Waals surface area contributed by atoms with Gasteiger partial charge in [0.15, 0.2) is 0 Å². The highest BCUT2D eigenvalue weighted by Gasteiger charge is 2.15. The summed E-state index contributed by atoms with van der Waals surface area (Å²) < 4.78 is 0. The summed E-state index contributed by atoms with van der Waals surface area (Å²) in [4.78, 5) is 15.5. The number of hydrogen-bond acceptors (Lipinski definition) is 3. The maximum Gasteiger partial charge on any atom is 0.220 e. The van der Waals surface area contributed by atoms with Crippen LogP contribution in [0.25, 0.3) is 0 Å². The maximum atomic E-state index is 12.2. The zero-order chi connectivity index (χ0) is 15.1. The second-order valence-corrected chi connectivity index (χ2v) is 6.40. The molecule has 2 rings (SSSR count). The molecule has 0 radical (unpaired) electrons. The van der Waals surface area contributed by atoms with Crippen LogP contribution in [0.15, 0.2) is 47.8 Å². The van der Waals surface area contributed by atoms with Crippen molar-refractivity contribution in [2.24, 2.45) is 0 Å². The fourth-order valence-corrected chi connectivity index (χ4v) is 2.95. The van der Waals surface area contributed by atoms with Gasteiger partial charge in [-0.2, -0.15) is 0 Å². The molecule has 112 valence electrons. The molecule has 0 fully saturated rings. The zero-order valence-electron chi connectivity index (χ0n) is 12.6. The first-order chi connectivity index (χ1) is 10.1. The summed E-state index contributed by atoms with van der Waals surface area (Å²) in [6.45, 7) is 0.800. The number of nitrogens with zero attached hydrogens (tertiary/aromatic N) is 1. The van der Waals surface area contributed by atoms with E-state index in [1.165, 1.54) is 4.88 Å². The van der Waals surface area contributed by atoms with Crippen LogP contribution in [0.3, 0.4) is 0 Å². The number of amides is 1. The third kappa shape index (κ3) is 5.33. The molecule has 0 saturated carbocycles. The highest BCUT2D eigenvalue weighted by Crippen LogP contribution is 2.15. The molecule has 1 heterocycles. The van der Waals surface area contributed by atoms with E-state index < -0.39 is 0 Å². The second-order valence-electron chi connectivity index (χ2n) is 5.37. The lowest BCUT2D eigenvalue weighted by Gasteiger charge is -2.23. The van der Waals surface area contributed by atoms with Gasteiger partial charge in [0.25, 0.3) is 0 Å². The van der Waals surface area contributed by atoms with E-state index in [1.807, 2.05) is 43.7 Å². The Labute approximate surface area is 130 Å². The molecule has 21 heavy (non-hydrogen) atoms. The van der Waals surface area contributed by atoms with Crippen molar-refractivity contribution in [2.45, 2.75) is 18.9 Å². The number of rotatable bonds is 7. The van der Waals surface area contributed by atoms with Crippen molar-refractivity contribution in [3.05, 3.63) is 58.3 Å². The molecule has 0 aliphatic heterocycles. The molecule has 1 aromatic heterocycles. The summed E-state index contributed by atoms with van der Waals surface area (Å²) in [6.07, 6.45) is 1.35. The van der Waals surface area contributed by atoms with Crippen molar-refractivity contribution in [2.75, 3.05) is 20.6 Å². The number of nitrogens with one attached hydrogen (secondary N) is 1. The molecular weight excluding hydrogens is 280 g/mol. The van der Waals surface area contributed by atoms with Crippen LogP contribution in [0.5, 0.6) is 0 Å². The third-order valence-electron chi connectivity index (χ3n) is 3.26. The van der Waals surface area contributed by atoms with Crippen LogP contribution >= 0.6 is 11.3 Å². The van der Waals surface area contributed by atoms with E-state index in [9.17, 15) is 4.79 Å². The number of aryl methyl sites for hydroxylation is 1. The SMILES string of the molecule is CN(C)CC(NC(=O)CCc1cccs1)c1ccccc1. The highest BCUT2D eigenvalue weighted by molar-refractivity contribution is 7.09. The third-order valence-corrected chi connectivity index (χ3v) is 4.20. The first-order valence-corrected chi connectivity index (χ1v) is 8.04. The van der Waals surface area contributed by atoms with Crippen LogP contribution in [0.2, 0.25) is 0 Å². The van der Waals surface area contributed by atoms with Gasteiger partial charge in [0, 0.05) is 17.8 Å². The quantitative estimate of drug-likeness (QED) is 0.852. The summed E-state index contributed by atoms with van der Waals surface area (Å²) in [5, 5.41) is 5.20. The molecular formula is C17H22N2OS. The Hall–Kier alpha value is -1.65. The van der Waals surface area contributed by atoms with Gasteiger partial charge in [0.1, 0.15) is 0 Å². The van der Waals surface area contributed by atoms with E-state index in [2.05, 4.69) is 28.4 Å². The average molecular weight is 302 g/mol. The molecule has 1 unspecified atom stereocenters.